The highest BCUT2D eigenvalue weighted by molar-refractivity contribution is 5.90. The highest BCUT2D eigenvalue weighted by Gasteiger charge is 2.69. The lowest BCUT2D eigenvalue weighted by atomic mass is 9.71. The summed E-state index contributed by atoms with van der Waals surface area (Å²) in [5.41, 5.74) is -0.0185. The molecule has 8 bridgehead atoms. The Morgan fingerprint density at radius 3 is 1.48 bits per heavy atom. The Morgan fingerprint density at radius 2 is 0.955 bits per heavy atom. The van der Waals surface area contributed by atoms with Crippen molar-refractivity contribution in [2.24, 2.45) is 47.3 Å². The number of esters is 1. The normalized spacial score (nSPS) is 56.1. The van der Waals surface area contributed by atoms with Gasteiger partial charge in [-0.2, -0.15) is 0 Å². The molecule has 8 N–H and O–H groups in total. The van der Waals surface area contributed by atoms with Gasteiger partial charge in [-0.05, 0) is 37.5 Å². The molecule has 5 aliphatic heterocycles. The maximum Gasteiger partial charge on any atom is 0.338 e. The Hall–Kier alpha value is -2.88. The van der Waals surface area contributed by atoms with Crippen LogP contribution in [0.1, 0.15) is 23.7 Å². The fourth-order valence-corrected chi connectivity index (χ4v) is 13.2. The van der Waals surface area contributed by atoms with E-state index in [1.165, 1.54) is 24.3 Å². The standard InChI is InChI=1S/C41H50F15N9O2/c1-2-67-41(66)8-4-3-5-9(6-8)57-32-18-15(23(47)30(54)31(32)55)36-59-33-10-7-11(42)19(43)20(44)12(10)34(58-33)63-39-16-17(25(49)29(53)28(52)24(16)48)40(65(39)56)64-37-14-13(35(60-37)61-38(18)62-36)21(45)26(50)27(51)22(14)46/h3-6,10-40,57-64H,2,7H2,1H3. The van der Waals surface area contributed by atoms with Gasteiger partial charge in [0.2, 0.25) is 0 Å². The summed E-state index contributed by atoms with van der Waals surface area (Å²) in [4.78, 5) is 12.6. The Balaban J connectivity index is 1.09. The molecule has 26 heteroatoms. The summed E-state index contributed by atoms with van der Waals surface area (Å²) in [6.07, 6.45) is -55.8. The first-order valence-electron chi connectivity index (χ1n) is 22.6. The van der Waals surface area contributed by atoms with Gasteiger partial charge in [0.05, 0.1) is 67.5 Å². The molecule has 31 unspecified atom stereocenters. The van der Waals surface area contributed by atoms with E-state index in [4.69, 9.17) is 4.74 Å². The molecule has 1 aromatic rings. The lowest BCUT2D eigenvalue weighted by Gasteiger charge is -2.45. The number of hydrogen-bond donors (Lipinski definition) is 8. The zero-order valence-corrected chi connectivity index (χ0v) is 35.1. The van der Waals surface area contributed by atoms with E-state index in [1.54, 1.807) is 6.92 Å². The van der Waals surface area contributed by atoms with Gasteiger partial charge in [0, 0.05) is 47.1 Å². The van der Waals surface area contributed by atoms with Gasteiger partial charge in [-0.1, -0.05) is 6.07 Å². The average Bonchev–Trinajstić information content (AvgIpc) is 4.03. The number of fused-ring (bicyclic) bond motifs is 20. The second-order valence-electron chi connectivity index (χ2n) is 19.5. The molecule has 4 aliphatic carbocycles. The minimum absolute atomic E-state index is 0.00673. The second-order valence-corrected chi connectivity index (χ2v) is 19.5. The van der Waals surface area contributed by atoms with Gasteiger partial charge >= 0.3 is 5.97 Å². The second kappa shape index (κ2) is 17.8. The van der Waals surface area contributed by atoms with E-state index in [0.717, 1.165) is 0 Å². The predicted octanol–water partition coefficient (Wildman–Crippen LogP) is 3.74. The number of benzene rings is 1. The van der Waals surface area contributed by atoms with Crippen molar-refractivity contribution in [3.63, 3.8) is 0 Å². The molecular formula is C41H50F15N9O2. The van der Waals surface area contributed by atoms with Gasteiger partial charge in [0.15, 0.2) is 43.2 Å². The number of anilines is 1. The summed E-state index contributed by atoms with van der Waals surface area (Å²) in [5, 5.41) is 21.7. The smallest absolute Gasteiger partial charge is 0.338 e. The van der Waals surface area contributed by atoms with Crippen LogP contribution in [0.15, 0.2) is 24.3 Å². The summed E-state index contributed by atoms with van der Waals surface area (Å²) >= 11 is 0. The van der Waals surface area contributed by atoms with E-state index in [0.29, 0.717) is 0 Å². The molecule has 0 amide bonds. The predicted molar refractivity (Wildman–Crippen MR) is 206 cm³/mol. The van der Waals surface area contributed by atoms with E-state index >= 15 is 65.9 Å². The Kier molecular flexibility index (Phi) is 12.7. The van der Waals surface area contributed by atoms with Crippen LogP contribution < -0.4 is 42.5 Å². The number of hydrogen-bond acceptors (Lipinski definition) is 11. The largest absolute Gasteiger partial charge is 0.462 e. The molecule has 5 saturated heterocycles. The van der Waals surface area contributed by atoms with Gasteiger partial charge < -0.3 is 10.1 Å². The summed E-state index contributed by atoms with van der Waals surface area (Å²) in [5.74, 6) is -15.5. The number of ether oxygens (including phenoxy) is 1. The van der Waals surface area contributed by atoms with E-state index < -0.39 is 202 Å². The van der Waals surface area contributed by atoms with Crippen molar-refractivity contribution in [2.45, 2.75) is 155 Å². The van der Waals surface area contributed by atoms with Gasteiger partial charge in [-0.25, -0.2) is 66.3 Å². The molecule has 11 nitrogen and oxygen atoms in total. The Morgan fingerprint density at radius 1 is 0.537 bits per heavy atom. The quantitative estimate of drug-likeness (QED) is 0.128. The van der Waals surface area contributed by atoms with Crippen LogP contribution in [0.4, 0.5) is 71.6 Å². The SMILES string of the molecule is CCOC(=O)c1cccc(NC2C(F)C(F)C(F)C3C4NC5NC(NC6C7C(F)C(F)C(F)C(F)C7C(NC7NC(NC(N4)C23)C2C(F)C(F)C(F)C(F)C72)N6F)C2C(F)C(F)C(F)CC52)c1. The minimum Gasteiger partial charge on any atom is -0.462 e. The first-order chi connectivity index (χ1) is 31.8. The number of halogens is 15. The zero-order valence-electron chi connectivity index (χ0n) is 35.1. The number of carbonyl (C=O) groups is 1. The lowest BCUT2D eigenvalue weighted by molar-refractivity contribution is -0.0974. The van der Waals surface area contributed by atoms with E-state index in [-0.39, 0.29) is 23.0 Å². The van der Waals surface area contributed by atoms with Crippen molar-refractivity contribution in [3.05, 3.63) is 29.8 Å². The van der Waals surface area contributed by atoms with Crippen molar-refractivity contribution in [1.82, 2.24) is 42.3 Å². The topological polar surface area (TPSA) is 126 Å². The first kappa shape index (κ1) is 47.8. The van der Waals surface area contributed by atoms with Crippen LogP contribution in [0.5, 0.6) is 0 Å². The maximum absolute atomic E-state index is 17.0. The van der Waals surface area contributed by atoms with Gasteiger partial charge in [0.25, 0.3) is 0 Å². The van der Waals surface area contributed by atoms with Crippen LogP contribution in [0.3, 0.4) is 0 Å². The molecular weight excluding hydrogens is 935 g/mol. The highest BCUT2D eigenvalue weighted by atomic mass is 19.2. The third kappa shape index (κ3) is 7.43. The average molecular weight is 986 g/mol. The van der Waals surface area contributed by atoms with Crippen LogP contribution in [0.25, 0.3) is 0 Å². The zero-order chi connectivity index (χ0) is 47.8. The summed E-state index contributed by atoms with van der Waals surface area (Å²) < 4.78 is 244. The molecule has 9 fully saturated rings. The molecule has 4 saturated carbocycles. The van der Waals surface area contributed by atoms with E-state index in [9.17, 15) is 4.79 Å². The molecule has 0 radical (unpaired) electrons. The van der Waals surface area contributed by atoms with Gasteiger partial charge in [-0.15, -0.1) is 9.60 Å². The monoisotopic (exact) mass is 985 g/mol. The number of nitrogens with zero attached hydrogens (tertiary/aromatic N) is 1. The van der Waals surface area contributed by atoms with Crippen molar-refractivity contribution < 1.29 is 75.5 Å². The van der Waals surface area contributed by atoms with Crippen LogP contribution in [0, 0.1) is 47.3 Å². The maximum atomic E-state index is 17.0. The molecule has 0 aromatic heterocycles. The molecule has 376 valence electrons. The molecule has 10 rings (SSSR count). The molecule has 5 heterocycles. The van der Waals surface area contributed by atoms with Crippen molar-refractivity contribution in [3.8, 4) is 0 Å². The van der Waals surface area contributed by atoms with Gasteiger partial charge in [0.1, 0.15) is 43.2 Å². The number of alkyl halides is 14. The number of carbonyl (C=O) groups excluding carboxylic acids is 1. The highest BCUT2D eigenvalue weighted by Crippen LogP contribution is 2.52. The van der Waals surface area contributed by atoms with Crippen LogP contribution >= 0.6 is 0 Å². The third-order valence-electron chi connectivity index (χ3n) is 16.2. The fourth-order valence-electron chi connectivity index (χ4n) is 13.2. The van der Waals surface area contributed by atoms with E-state index in [1.807, 2.05) is 0 Å². The first-order valence-corrected chi connectivity index (χ1v) is 22.6. The number of rotatable bonds is 4. The Bertz CT molecular complexity index is 1980. The molecule has 31 atom stereocenters. The van der Waals surface area contributed by atoms with Crippen LogP contribution in [-0.4, -0.2) is 159 Å². The molecule has 9 aliphatic rings. The van der Waals surface area contributed by atoms with Crippen molar-refractivity contribution in [2.75, 3.05) is 11.9 Å². The number of nitrogens with one attached hydrogen (secondary N) is 8. The third-order valence-corrected chi connectivity index (χ3v) is 16.2. The summed E-state index contributed by atoms with van der Waals surface area (Å²) in [7, 11) is 0. The molecule has 1 aromatic carbocycles. The van der Waals surface area contributed by atoms with E-state index in [2.05, 4.69) is 42.5 Å². The van der Waals surface area contributed by atoms with Crippen LogP contribution in [0.2, 0.25) is 0 Å². The molecule has 0 spiro atoms. The summed E-state index contributed by atoms with van der Waals surface area (Å²) in [6, 6.07) is 3.58. The molecule has 67 heavy (non-hydrogen) atoms. The minimum atomic E-state index is -3.19. The van der Waals surface area contributed by atoms with Crippen LogP contribution in [-0.2, 0) is 4.74 Å². The van der Waals surface area contributed by atoms with Crippen molar-refractivity contribution >= 4 is 11.7 Å². The fraction of sp³-hybridized carbons (Fsp3) is 0.829. The van der Waals surface area contributed by atoms with Gasteiger partial charge in [-0.3, -0.25) is 37.2 Å². The summed E-state index contributed by atoms with van der Waals surface area (Å²) in [6.45, 7) is 1.53. The lowest BCUT2D eigenvalue weighted by Crippen LogP contribution is -2.63. The Labute approximate surface area is 373 Å². The van der Waals surface area contributed by atoms with Crippen molar-refractivity contribution in [1.29, 1.82) is 0 Å².